The van der Waals surface area contributed by atoms with Crippen LogP contribution in [0.1, 0.15) is 233 Å². The van der Waals surface area contributed by atoms with Crippen LogP contribution in [-0.4, -0.2) is 211 Å². The van der Waals surface area contributed by atoms with E-state index in [1.807, 2.05) is 13.8 Å². The number of ether oxygens (including phenoxy) is 6. The maximum absolute atomic E-state index is 15.5. The number of phenolic OH excluding ortho intramolecular Hbond substituents is 3. The molecule has 40 heteroatoms. The van der Waals surface area contributed by atoms with Crippen molar-refractivity contribution in [2.75, 3.05) is 73.8 Å². The van der Waals surface area contributed by atoms with Gasteiger partial charge in [0.25, 0.3) is 0 Å². The third-order valence-electron chi connectivity index (χ3n) is 26.7. The standard InChI is InChI=1S/C72H94N4O22S2.C18H22N2O5S.C11H18O3.C2H6O/c1-16-69(6,7)56(61(81)73-28-18-29-74-99(91,92)53-32-44(49(77)34-51(53)95-14)59(79)42-24-20-39(3)21-25-42)47(64(84)85)37-71(10,11)57-46(36-72(12,13)58(67(89)97-17-2)48(65(86)87)38-70(8,9)55-41(5)66(88)98-68(55)90)62(82)76(63(57)83)31-19-30-75-100(93,94)54-33-45(50(78)35-52(54)96-15)60(80)43-26-22-40(4)23-27-43;1-12-4-6-13(7-5-12)18(22)14-10-17(16(25-2)11-15(14)21)26(23,24)20-9-3-8-19;1-5-11(3,4)6-8-7(2)9(12)14-10(8)13;1-2-3/h20-27,32-35,41,46-48,55-58,74-75,77-78H,16-19,28-31,36-38H2,1-15H3,(H,73,81)(H,84,85)(H,86,87);4-7,10-11,20-21H,3,8-9,19H2,1-2H3;7-8H,5-6H2,1-4H3;3H,2H2,1H3. The molecule has 10 unspecified atom stereocenters. The number of aliphatic hydroxyl groups excluding tert-OH is 1. The van der Waals surface area contributed by atoms with E-state index >= 15 is 9.59 Å². The van der Waals surface area contributed by atoms with E-state index in [1.54, 1.807) is 104 Å². The van der Waals surface area contributed by atoms with Crippen LogP contribution in [0.25, 0.3) is 0 Å². The first-order valence-corrected chi connectivity index (χ1v) is 51.6. The van der Waals surface area contributed by atoms with Crippen molar-refractivity contribution < 1.29 is 147 Å². The first kappa shape index (κ1) is 120. The summed E-state index contributed by atoms with van der Waals surface area (Å²) in [5.74, 6) is -24.6. The molecular formula is C103H140N6O31S3. The van der Waals surface area contributed by atoms with Gasteiger partial charge in [0, 0.05) is 74.2 Å². The topological polar surface area (TPSA) is 578 Å². The van der Waals surface area contributed by atoms with Crippen molar-refractivity contribution in [3.63, 3.8) is 0 Å². The van der Waals surface area contributed by atoms with Crippen LogP contribution in [0.5, 0.6) is 34.5 Å². The van der Waals surface area contributed by atoms with Gasteiger partial charge in [-0.05, 0) is 131 Å². The Balaban J connectivity index is 0.000000591. The van der Waals surface area contributed by atoms with Gasteiger partial charge in [-0.2, -0.15) is 0 Å². The highest BCUT2D eigenvalue weighted by Gasteiger charge is 2.60. The second-order valence-corrected chi connectivity index (χ2v) is 44.8. The molecule has 6 aromatic rings. The molecule has 143 heavy (non-hydrogen) atoms. The number of aliphatic hydroxyl groups is 1. The van der Waals surface area contributed by atoms with Crippen LogP contribution in [0, 0.1) is 107 Å². The predicted octanol–water partition coefficient (Wildman–Crippen LogP) is 11.9. The lowest BCUT2D eigenvalue weighted by Gasteiger charge is -2.43. The summed E-state index contributed by atoms with van der Waals surface area (Å²) in [6.07, 6.45) is 0.806. The lowest BCUT2D eigenvalue weighted by molar-refractivity contribution is -0.166. The number of carbonyl (C=O) groups excluding carboxylic acids is 11. The average molecular weight is 2050 g/mol. The molecule has 786 valence electrons. The van der Waals surface area contributed by atoms with Crippen molar-refractivity contribution in [1.82, 2.24) is 24.4 Å². The van der Waals surface area contributed by atoms with Crippen LogP contribution in [0.2, 0.25) is 0 Å². The molecule has 12 N–H and O–H groups in total. The van der Waals surface area contributed by atoms with Crippen LogP contribution in [0.15, 0.2) is 124 Å². The molecule has 3 amide bonds. The number of nitrogens with zero attached hydrogens (tertiary/aromatic N) is 1. The number of benzene rings is 6. The number of carboxylic acids is 2. The van der Waals surface area contributed by atoms with Crippen LogP contribution in [0.3, 0.4) is 0 Å². The number of cyclic esters (lactones) is 4. The van der Waals surface area contributed by atoms with Crippen LogP contribution in [-0.2, 0) is 92.2 Å². The molecule has 0 aromatic heterocycles. The number of methoxy groups -OCH3 is 3. The number of hydrogen-bond donors (Lipinski definition) is 11. The number of amides is 3. The van der Waals surface area contributed by atoms with E-state index in [9.17, 15) is 104 Å². The molecule has 3 heterocycles. The summed E-state index contributed by atoms with van der Waals surface area (Å²) in [6.45, 7) is 31.6. The number of imide groups is 1. The Labute approximate surface area is 836 Å². The van der Waals surface area contributed by atoms with Gasteiger partial charge in [-0.1, -0.05) is 199 Å². The SMILES string of the molecule is CCC(C)(C)CC1C(=O)OC(=O)C1C.CCO.CCOC(=O)C(C(CC(C)(C)C1C(=O)OC(=O)C1C)C(=O)O)C(C)(C)CC1C(=O)N(CCCNS(=O)(=O)c2cc(C(=O)c3ccc(C)cc3)c(O)cc2OC)C(=O)C1C(C)(C)CC(C(=O)O)C(C(=O)NCCCNS(=O)(=O)c1cc(C(=O)c2ccc(C)cc2)c(O)cc1OC)C(C)(C)CC.COc1cc(O)c(C(=O)c2ccc(C)cc2)cc1S(=O)(=O)NCCCN. The highest BCUT2D eigenvalue weighted by molar-refractivity contribution is 7.90. The summed E-state index contributed by atoms with van der Waals surface area (Å²) < 4.78 is 119. The van der Waals surface area contributed by atoms with Gasteiger partial charge in [0.05, 0.1) is 104 Å². The number of phenols is 3. The first-order chi connectivity index (χ1) is 66.5. The lowest BCUT2D eigenvalue weighted by atomic mass is 9.58. The zero-order chi connectivity index (χ0) is 108. The van der Waals surface area contributed by atoms with E-state index in [4.69, 9.17) is 34.5 Å². The lowest BCUT2D eigenvalue weighted by Crippen LogP contribution is -2.49. The van der Waals surface area contributed by atoms with Crippen molar-refractivity contribution in [3.05, 3.63) is 159 Å². The van der Waals surface area contributed by atoms with E-state index in [1.165, 1.54) is 80.0 Å². The fourth-order valence-electron chi connectivity index (χ4n) is 18.1. The minimum absolute atomic E-state index is 0.0526. The van der Waals surface area contributed by atoms with Crippen molar-refractivity contribution in [2.24, 2.45) is 92.0 Å². The molecule has 3 fully saturated rings. The van der Waals surface area contributed by atoms with Crippen molar-refractivity contribution in [2.45, 2.75) is 204 Å². The Morgan fingerprint density at radius 3 is 1.16 bits per heavy atom. The van der Waals surface area contributed by atoms with E-state index in [2.05, 4.69) is 45.0 Å². The number of rotatable bonds is 47. The van der Waals surface area contributed by atoms with Gasteiger partial charge >= 0.3 is 41.8 Å². The summed E-state index contributed by atoms with van der Waals surface area (Å²) in [6, 6.07) is 25.7. The number of nitrogens with two attached hydrogens (primary N) is 1. The maximum atomic E-state index is 15.5. The summed E-state index contributed by atoms with van der Waals surface area (Å²) >= 11 is 0. The highest BCUT2D eigenvalue weighted by atomic mass is 32.2. The average Bonchev–Trinajstić information content (AvgIpc) is 1.59. The van der Waals surface area contributed by atoms with E-state index in [0.29, 0.717) is 18.5 Å². The summed E-state index contributed by atoms with van der Waals surface area (Å²) in [7, 11) is -9.40. The minimum atomic E-state index is -4.61. The Kier molecular flexibility index (Phi) is 42.3. The molecule has 3 aliphatic rings. The number of carbonyl (C=O) groups is 13. The molecule has 0 radical (unpaired) electrons. The predicted molar refractivity (Wildman–Crippen MR) is 527 cm³/mol. The zero-order valence-corrected chi connectivity index (χ0v) is 87.8. The van der Waals surface area contributed by atoms with Gasteiger partial charge in [0.15, 0.2) is 17.3 Å². The zero-order valence-electron chi connectivity index (χ0n) is 85.3. The number of nitrogens with one attached hydrogen (secondary N) is 4. The number of aliphatic carboxylic acids is 2. The molecule has 37 nitrogen and oxygen atoms in total. The molecule has 0 bridgehead atoms. The smallest absolute Gasteiger partial charge is 0.318 e. The second-order valence-electron chi connectivity index (χ2n) is 39.6. The highest BCUT2D eigenvalue weighted by Crippen LogP contribution is 2.55. The van der Waals surface area contributed by atoms with Crippen molar-refractivity contribution in [1.29, 1.82) is 0 Å². The van der Waals surface area contributed by atoms with Gasteiger partial charge in [-0.3, -0.25) is 67.2 Å². The Hall–Kier alpha value is -11.9. The second kappa shape index (κ2) is 50.5. The third kappa shape index (κ3) is 30.1. The molecule has 3 saturated heterocycles. The minimum Gasteiger partial charge on any atom is -0.507 e. The molecule has 0 saturated carbocycles. The van der Waals surface area contributed by atoms with Gasteiger partial charge in [0.1, 0.15) is 49.2 Å². The van der Waals surface area contributed by atoms with Crippen LogP contribution < -0.4 is 39.4 Å². The quantitative estimate of drug-likeness (QED) is 0.00422. The Bertz CT molecular complexity index is 6000. The number of esters is 5. The molecule has 9 rings (SSSR count). The summed E-state index contributed by atoms with van der Waals surface area (Å²) in [5.41, 5.74) is 2.39. The maximum Gasteiger partial charge on any atom is 0.318 e. The largest absolute Gasteiger partial charge is 0.507 e. The molecule has 3 aliphatic heterocycles. The van der Waals surface area contributed by atoms with Gasteiger partial charge < -0.3 is 70.1 Å². The monoisotopic (exact) mass is 2050 g/mol. The Morgan fingerprint density at radius 2 is 0.825 bits per heavy atom. The molecule has 0 spiro atoms. The first-order valence-electron chi connectivity index (χ1n) is 47.2. The fraction of sp³-hybridized carbons (Fsp3) is 0.524. The number of likely N-dealkylation sites (tertiary alicyclic amines) is 1. The number of carboxylic acid groups (broad SMARTS) is 2. The van der Waals surface area contributed by atoms with Crippen LogP contribution >= 0.6 is 0 Å². The van der Waals surface area contributed by atoms with E-state index < -0.39 is 218 Å². The number of sulfonamides is 3. The number of aromatic hydroxyl groups is 3. The van der Waals surface area contributed by atoms with E-state index in [-0.39, 0.29) is 137 Å². The van der Waals surface area contributed by atoms with Gasteiger partial charge in [-0.15, -0.1) is 0 Å². The van der Waals surface area contributed by atoms with Crippen LogP contribution in [0.4, 0.5) is 0 Å². The van der Waals surface area contributed by atoms with Crippen molar-refractivity contribution >= 4 is 107 Å². The fourth-order valence-corrected chi connectivity index (χ4v) is 21.9. The third-order valence-corrected chi connectivity index (χ3v) is 31.1. The number of hydrogen-bond acceptors (Lipinski definition) is 30. The molecule has 10 atom stereocenters. The number of aryl methyl sites for hydroxylation is 3. The van der Waals surface area contributed by atoms with Gasteiger partial charge in [-0.25, -0.2) is 39.4 Å². The van der Waals surface area contributed by atoms with Gasteiger partial charge in [0.2, 0.25) is 47.8 Å². The van der Waals surface area contributed by atoms with Crippen molar-refractivity contribution in [3.8, 4) is 34.5 Å². The Morgan fingerprint density at radius 1 is 0.462 bits per heavy atom. The van der Waals surface area contributed by atoms with E-state index in [0.717, 1.165) is 77.9 Å². The summed E-state index contributed by atoms with van der Waals surface area (Å²) in [4.78, 5) is 175. The number of ketones is 3. The molecule has 6 aromatic carbocycles. The summed E-state index contributed by atoms with van der Waals surface area (Å²) in [5, 5.41) is 64.6. The molecule has 0 aliphatic carbocycles. The normalized spacial score (nSPS) is 17.7. The molecular weight excluding hydrogens is 1910 g/mol.